The Balaban J connectivity index is 2.79. The van der Waals surface area contributed by atoms with E-state index < -0.39 is 18.2 Å². The molecule has 1 aromatic rings. The fourth-order valence-electron chi connectivity index (χ4n) is 3.69. The van der Waals surface area contributed by atoms with Crippen LogP contribution in [0.25, 0.3) is 0 Å². The summed E-state index contributed by atoms with van der Waals surface area (Å²) in [6.07, 6.45) is 1.15. The summed E-state index contributed by atoms with van der Waals surface area (Å²) in [4.78, 5) is 38.3. The first kappa shape index (κ1) is 28.5. The molecule has 0 unspecified atom stereocenters. The highest BCUT2D eigenvalue weighted by atomic mass is 16.5. The molecule has 0 aliphatic rings. The summed E-state index contributed by atoms with van der Waals surface area (Å²) in [6.45, 7) is 14.3. The van der Waals surface area contributed by atoms with Crippen molar-refractivity contribution in [1.82, 2.24) is 16.0 Å². The number of hydrogen-bond donors (Lipinski definition) is 3. The number of alkyl carbamates (subject to hydrolysis) is 1. The minimum Gasteiger partial charge on any atom is -0.445 e. The molecule has 186 valence electrons. The predicted molar refractivity (Wildman–Crippen MR) is 131 cm³/mol. The van der Waals surface area contributed by atoms with Crippen molar-refractivity contribution in [2.75, 3.05) is 0 Å². The second-order valence-corrected chi connectivity index (χ2v) is 10.1. The fraction of sp³-hybridized carbons (Fsp3) is 0.654. The average molecular weight is 462 g/mol. The van der Waals surface area contributed by atoms with E-state index in [1.807, 2.05) is 65.0 Å². The van der Waals surface area contributed by atoms with E-state index in [1.54, 1.807) is 0 Å². The highest BCUT2D eigenvalue weighted by Crippen LogP contribution is 2.11. The monoisotopic (exact) mass is 461 g/mol. The molecule has 7 nitrogen and oxygen atoms in total. The Kier molecular flexibility index (Phi) is 12.6. The van der Waals surface area contributed by atoms with Gasteiger partial charge in [0, 0.05) is 6.04 Å². The van der Waals surface area contributed by atoms with Crippen molar-refractivity contribution in [2.45, 2.75) is 92.5 Å². The molecule has 0 bridgehead atoms. The Hall–Kier alpha value is -2.57. The molecule has 0 saturated heterocycles. The molecule has 0 aliphatic heterocycles. The Morgan fingerprint density at radius 2 is 1.18 bits per heavy atom. The zero-order valence-corrected chi connectivity index (χ0v) is 21.3. The molecule has 33 heavy (non-hydrogen) atoms. The largest absolute Gasteiger partial charge is 0.445 e. The summed E-state index contributed by atoms with van der Waals surface area (Å²) in [7, 11) is 0. The van der Waals surface area contributed by atoms with Crippen LogP contribution in [0.2, 0.25) is 0 Å². The molecular formula is C26H43N3O4. The summed E-state index contributed by atoms with van der Waals surface area (Å²) in [5.74, 6) is 0.269. The summed E-state index contributed by atoms with van der Waals surface area (Å²) in [6, 6.07) is 7.91. The highest BCUT2D eigenvalue weighted by Gasteiger charge is 2.29. The minimum absolute atomic E-state index is 0.0154. The minimum atomic E-state index is -0.788. The summed E-state index contributed by atoms with van der Waals surface area (Å²) < 4.78 is 5.29. The van der Waals surface area contributed by atoms with Gasteiger partial charge in [-0.05, 0) is 49.5 Å². The van der Waals surface area contributed by atoms with Gasteiger partial charge in [-0.3, -0.25) is 9.59 Å². The lowest BCUT2D eigenvalue weighted by molar-refractivity contribution is -0.131. The van der Waals surface area contributed by atoms with Crippen LogP contribution in [0.5, 0.6) is 0 Å². The number of amides is 3. The van der Waals surface area contributed by atoms with Gasteiger partial charge < -0.3 is 20.7 Å². The average Bonchev–Trinajstić information content (AvgIpc) is 2.70. The molecular weight excluding hydrogens is 418 g/mol. The maximum absolute atomic E-state index is 13.1. The Bertz CT molecular complexity index is 734. The van der Waals surface area contributed by atoms with Crippen LogP contribution in [0.1, 0.15) is 73.3 Å². The smallest absolute Gasteiger partial charge is 0.408 e. The van der Waals surface area contributed by atoms with Crippen molar-refractivity contribution in [2.24, 2.45) is 17.8 Å². The molecule has 0 spiro atoms. The third-order valence-electron chi connectivity index (χ3n) is 5.08. The van der Waals surface area contributed by atoms with Crippen LogP contribution in [0.4, 0.5) is 4.79 Å². The van der Waals surface area contributed by atoms with Gasteiger partial charge in [-0.25, -0.2) is 4.79 Å². The zero-order chi connectivity index (χ0) is 25.0. The van der Waals surface area contributed by atoms with Gasteiger partial charge in [0.2, 0.25) is 11.8 Å². The third-order valence-corrected chi connectivity index (χ3v) is 5.08. The third kappa shape index (κ3) is 12.3. The predicted octanol–water partition coefficient (Wildman–Crippen LogP) is 4.41. The first-order valence-corrected chi connectivity index (χ1v) is 12.1. The van der Waals surface area contributed by atoms with Crippen LogP contribution in [-0.4, -0.2) is 36.0 Å². The lowest BCUT2D eigenvalue weighted by atomic mass is 9.99. The van der Waals surface area contributed by atoms with Crippen molar-refractivity contribution in [1.29, 1.82) is 0 Å². The molecule has 1 aromatic carbocycles. The van der Waals surface area contributed by atoms with Gasteiger partial charge >= 0.3 is 6.09 Å². The standard InChI is InChI=1S/C26H43N3O4/c1-17(2)13-20(7)27-24(30)22(14-18(3)4)28-25(31)23(15-19(5)6)29-26(32)33-16-21-11-9-8-10-12-21/h8-12,17-20,22-23H,13-16H2,1-7H3,(H,27,30)(H,28,31)(H,29,32)/t20-,22-,23+/m1/s1. The van der Waals surface area contributed by atoms with E-state index in [0.29, 0.717) is 18.8 Å². The Morgan fingerprint density at radius 1 is 0.697 bits per heavy atom. The van der Waals surface area contributed by atoms with Crippen LogP contribution in [-0.2, 0) is 20.9 Å². The van der Waals surface area contributed by atoms with Crippen molar-refractivity contribution in [3.63, 3.8) is 0 Å². The molecule has 3 N–H and O–H groups in total. The van der Waals surface area contributed by atoms with Crippen molar-refractivity contribution in [3.8, 4) is 0 Å². The van der Waals surface area contributed by atoms with Gasteiger partial charge in [0.1, 0.15) is 18.7 Å². The molecule has 0 aliphatic carbocycles. The topological polar surface area (TPSA) is 96.5 Å². The second-order valence-electron chi connectivity index (χ2n) is 10.1. The molecule has 0 saturated carbocycles. The maximum Gasteiger partial charge on any atom is 0.408 e. The van der Waals surface area contributed by atoms with Gasteiger partial charge in [-0.2, -0.15) is 0 Å². The molecule has 0 aromatic heterocycles. The molecule has 0 heterocycles. The first-order chi connectivity index (χ1) is 15.5. The number of benzene rings is 1. The number of hydrogen-bond acceptors (Lipinski definition) is 4. The van der Waals surface area contributed by atoms with Crippen LogP contribution >= 0.6 is 0 Å². The SMILES string of the molecule is CC(C)C[C@@H](C)NC(=O)[C@@H](CC(C)C)NC(=O)[C@H](CC(C)C)NC(=O)OCc1ccccc1. The quantitative estimate of drug-likeness (QED) is 0.405. The first-order valence-electron chi connectivity index (χ1n) is 12.1. The number of carbonyl (C=O) groups is 3. The normalized spacial score (nSPS) is 14.0. The van der Waals surface area contributed by atoms with Crippen LogP contribution in [0.3, 0.4) is 0 Å². The van der Waals surface area contributed by atoms with Gasteiger partial charge in [0.25, 0.3) is 0 Å². The molecule has 0 fully saturated rings. The summed E-state index contributed by atoms with van der Waals surface area (Å²) in [5.41, 5.74) is 0.863. The number of carbonyl (C=O) groups excluding carboxylic acids is 3. The van der Waals surface area contributed by atoms with Crippen LogP contribution in [0.15, 0.2) is 30.3 Å². The highest BCUT2D eigenvalue weighted by molar-refractivity contribution is 5.91. The Labute approximate surface area is 199 Å². The molecule has 1 rings (SSSR count). The lowest BCUT2D eigenvalue weighted by Crippen LogP contribution is -2.55. The van der Waals surface area contributed by atoms with E-state index in [4.69, 9.17) is 4.74 Å². The van der Waals surface area contributed by atoms with Crippen LogP contribution in [0, 0.1) is 17.8 Å². The van der Waals surface area contributed by atoms with Crippen molar-refractivity contribution >= 4 is 17.9 Å². The lowest BCUT2D eigenvalue weighted by Gasteiger charge is -2.26. The van der Waals surface area contributed by atoms with E-state index in [9.17, 15) is 14.4 Å². The van der Waals surface area contributed by atoms with Gasteiger partial charge in [0.05, 0.1) is 0 Å². The van der Waals surface area contributed by atoms with Gasteiger partial charge in [-0.15, -0.1) is 0 Å². The molecule has 3 atom stereocenters. The van der Waals surface area contributed by atoms with Gasteiger partial charge in [0.15, 0.2) is 0 Å². The number of ether oxygens (including phenoxy) is 1. The molecule has 7 heteroatoms. The van der Waals surface area contributed by atoms with E-state index in [1.165, 1.54) is 0 Å². The zero-order valence-electron chi connectivity index (χ0n) is 21.3. The van der Waals surface area contributed by atoms with E-state index in [0.717, 1.165) is 12.0 Å². The van der Waals surface area contributed by atoms with Crippen molar-refractivity contribution < 1.29 is 19.1 Å². The van der Waals surface area contributed by atoms with E-state index in [-0.39, 0.29) is 36.3 Å². The van der Waals surface area contributed by atoms with E-state index in [2.05, 4.69) is 29.8 Å². The molecule has 3 amide bonds. The van der Waals surface area contributed by atoms with Crippen molar-refractivity contribution in [3.05, 3.63) is 35.9 Å². The summed E-state index contributed by atoms with van der Waals surface area (Å²) in [5, 5.41) is 8.56. The fourth-order valence-corrected chi connectivity index (χ4v) is 3.69. The maximum atomic E-state index is 13.1. The van der Waals surface area contributed by atoms with Gasteiger partial charge in [-0.1, -0.05) is 71.9 Å². The van der Waals surface area contributed by atoms with Crippen LogP contribution < -0.4 is 16.0 Å². The number of nitrogens with one attached hydrogen (secondary N) is 3. The summed E-state index contributed by atoms with van der Waals surface area (Å²) >= 11 is 0. The number of rotatable bonds is 13. The second kappa shape index (κ2) is 14.6. The Morgan fingerprint density at radius 3 is 1.70 bits per heavy atom. The molecule has 0 radical (unpaired) electrons. The van der Waals surface area contributed by atoms with E-state index >= 15 is 0 Å².